The Hall–Kier alpha value is -1.75. The molecule has 1 fully saturated rings. The number of carbonyl (C=O) groups excluding carboxylic acids is 1. The van der Waals surface area contributed by atoms with Crippen molar-refractivity contribution in [3.05, 3.63) is 24.3 Å². The summed E-state index contributed by atoms with van der Waals surface area (Å²) in [7, 11) is 0. The van der Waals surface area contributed by atoms with Crippen LogP contribution in [0.15, 0.2) is 24.3 Å². The second kappa shape index (κ2) is 6.35. The maximum Gasteiger partial charge on any atom is 0.264 e. The predicted octanol–water partition coefficient (Wildman–Crippen LogP) is 1.46. The number of nitrogens with two attached hydrogens (primary N) is 1. The van der Waals surface area contributed by atoms with E-state index in [1.807, 2.05) is 24.3 Å². The highest BCUT2D eigenvalue weighted by atomic mass is 16.6. The summed E-state index contributed by atoms with van der Waals surface area (Å²) in [5, 5.41) is 2.96. The first-order valence-corrected chi connectivity index (χ1v) is 7.66. The molecule has 0 bridgehead atoms. The van der Waals surface area contributed by atoms with Crippen molar-refractivity contribution in [2.24, 2.45) is 11.7 Å². The lowest BCUT2D eigenvalue weighted by Crippen LogP contribution is -2.47. The van der Waals surface area contributed by atoms with Gasteiger partial charge in [0.05, 0.1) is 0 Å². The van der Waals surface area contributed by atoms with E-state index >= 15 is 0 Å². The Morgan fingerprint density at radius 1 is 1.24 bits per heavy atom. The van der Waals surface area contributed by atoms with Crippen LogP contribution in [-0.2, 0) is 4.79 Å². The Labute approximate surface area is 124 Å². The van der Waals surface area contributed by atoms with E-state index in [-0.39, 0.29) is 18.6 Å². The molecule has 114 valence electrons. The van der Waals surface area contributed by atoms with E-state index in [1.165, 1.54) is 12.8 Å². The van der Waals surface area contributed by atoms with Crippen molar-refractivity contribution in [2.75, 3.05) is 13.2 Å². The first kappa shape index (κ1) is 14.2. The van der Waals surface area contributed by atoms with E-state index in [0.717, 1.165) is 12.8 Å². The Balaban J connectivity index is 1.52. The molecule has 2 aliphatic rings. The van der Waals surface area contributed by atoms with Gasteiger partial charge >= 0.3 is 0 Å². The number of hydrogen-bond acceptors (Lipinski definition) is 4. The number of amides is 1. The summed E-state index contributed by atoms with van der Waals surface area (Å²) in [6.45, 7) is 0.876. The van der Waals surface area contributed by atoms with Crippen molar-refractivity contribution in [1.29, 1.82) is 0 Å². The molecule has 1 aromatic rings. The van der Waals surface area contributed by atoms with Crippen LogP contribution in [0.25, 0.3) is 0 Å². The number of carbonyl (C=O) groups is 1. The summed E-state index contributed by atoms with van der Waals surface area (Å²) in [5.41, 5.74) is 6.10. The third-order valence-electron chi connectivity index (χ3n) is 4.31. The van der Waals surface area contributed by atoms with Gasteiger partial charge in [-0.2, -0.15) is 0 Å². The zero-order valence-electron chi connectivity index (χ0n) is 12.1. The van der Waals surface area contributed by atoms with Crippen LogP contribution >= 0.6 is 0 Å². The molecule has 3 atom stereocenters. The highest BCUT2D eigenvalue weighted by Gasteiger charge is 2.28. The summed E-state index contributed by atoms with van der Waals surface area (Å²) in [4.78, 5) is 12.2. The van der Waals surface area contributed by atoms with Crippen LogP contribution in [0.5, 0.6) is 11.5 Å². The molecular formula is C16H22N2O3. The molecule has 21 heavy (non-hydrogen) atoms. The molecule has 1 aliphatic heterocycles. The fourth-order valence-electron chi connectivity index (χ4n) is 2.98. The van der Waals surface area contributed by atoms with Gasteiger partial charge in [-0.25, -0.2) is 0 Å². The van der Waals surface area contributed by atoms with Gasteiger partial charge in [-0.3, -0.25) is 4.79 Å². The quantitative estimate of drug-likeness (QED) is 0.884. The second-order valence-electron chi connectivity index (χ2n) is 5.82. The van der Waals surface area contributed by atoms with Gasteiger partial charge in [-0.05, 0) is 30.9 Å². The van der Waals surface area contributed by atoms with Gasteiger partial charge in [0.1, 0.15) is 6.61 Å². The van der Waals surface area contributed by atoms with Gasteiger partial charge in [0.25, 0.3) is 5.91 Å². The Morgan fingerprint density at radius 3 is 2.81 bits per heavy atom. The van der Waals surface area contributed by atoms with E-state index in [2.05, 4.69) is 5.32 Å². The molecule has 0 spiro atoms. The first-order chi connectivity index (χ1) is 10.2. The highest BCUT2D eigenvalue weighted by Crippen LogP contribution is 2.31. The normalized spacial score (nSPS) is 28.0. The Bertz CT molecular complexity index is 506. The van der Waals surface area contributed by atoms with E-state index in [0.29, 0.717) is 24.0 Å². The van der Waals surface area contributed by atoms with Crippen molar-refractivity contribution in [3.8, 4) is 11.5 Å². The second-order valence-corrected chi connectivity index (χ2v) is 5.82. The fourth-order valence-corrected chi connectivity index (χ4v) is 2.98. The summed E-state index contributed by atoms with van der Waals surface area (Å²) >= 11 is 0. The molecule has 5 heteroatoms. The molecule has 0 saturated heterocycles. The topological polar surface area (TPSA) is 73.6 Å². The molecule has 1 amide bonds. The number of hydrogen-bond donors (Lipinski definition) is 2. The standard InChI is InChI=1S/C16H22N2O3/c17-12-6-2-1-5-11(12)9-18-16(19)15-10-20-13-7-3-4-8-14(13)21-15/h3-4,7-8,11-12,15H,1-2,5-6,9-10,17H2,(H,18,19). The zero-order valence-corrected chi connectivity index (χ0v) is 12.1. The zero-order chi connectivity index (χ0) is 14.7. The molecule has 1 aliphatic carbocycles. The van der Waals surface area contributed by atoms with Crippen molar-refractivity contribution in [2.45, 2.75) is 37.8 Å². The lowest BCUT2D eigenvalue weighted by Gasteiger charge is -2.30. The molecule has 1 saturated carbocycles. The van der Waals surface area contributed by atoms with Crippen LogP contribution in [0.1, 0.15) is 25.7 Å². The summed E-state index contributed by atoms with van der Waals surface area (Å²) in [6, 6.07) is 7.59. The van der Waals surface area contributed by atoms with E-state index in [4.69, 9.17) is 15.2 Å². The number of benzene rings is 1. The summed E-state index contributed by atoms with van der Waals surface area (Å²) < 4.78 is 11.3. The highest BCUT2D eigenvalue weighted by molar-refractivity contribution is 5.81. The lowest BCUT2D eigenvalue weighted by atomic mass is 9.85. The van der Waals surface area contributed by atoms with Gasteiger partial charge in [-0.1, -0.05) is 25.0 Å². The number of fused-ring (bicyclic) bond motifs is 1. The van der Waals surface area contributed by atoms with Crippen molar-refractivity contribution in [3.63, 3.8) is 0 Å². The van der Waals surface area contributed by atoms with Crippen LogP contribution < -0.4 is 20.5 Å². The average Bonchev–Trinajstić information content (AvgIpc) is 2.53. The van der Waals surface area contributed by atoms with Gasteiger partial charge in [-0.15, -0.1) is 0 Å². The van der Waals surface area contributed by atoms with Crippen molar-refractivity contribution < 1.29 is 14.3 Å². The van der Waals surface area contributed by atoms with Gasteiger partial charge in [0.2, 0.25) is 6.10 Å². The number of rotatable bonds is 3. The van der Waals surface area contributed by atoms with Gasteiger partial charge in [0, 0.05) is 12.6 Å². The maximum atomic E-state index is 12.2. The van der Waals surface area contributed by atoms with Crippen LogP contribution in [0.2, 0.25) is 0 Å². The molecule has 0 aromatic heterocycles. The molecule has 3 unspecified atom stereocenters. The van der Waals surface area contributed by atoms with E-state index in [1.54, 1.807) is 0 Å². The molecule has 3 rings (SSSR count). The molecule has 5 nitrogen and oxygen atoms in total. The third-order valence-corrected chi connectivity index (χ3v) is 4.31. The van der Waals surface area contributed by atoms with E-state index in [9.17, 15) is 4.79 Å². The SMILES string of the molecule is NC1CCCCC1CNC(=O)C1COc2ccccc2O1. The Kier molecular flexibility index (Phi) is 4.29. The Morgan fingerprint density at radius 2 is 2.00 bits per heavy atom. The minimum atomic E-state index is -0.584. The summed E-state index contributed by atoms with van der Waals surface area (Å²) in [5.74, 6) is 1.57. The minimum Gasteiger partial charge on any atom is -0.485 e. The minimum absolute atomic E-state index is 0.123. The predicted molar refractivity (Wildman–Crippen MR) is 79.3 cm³/mol. The van der Waals surface area contributed by atoms with Crippen LogP contribution in [0, 0.1) is 5.92 Å². The number of ether oxygens (including phenoxy) is 2. The average molecular weight is 290 g/mol. The van der Waals surface area contributed by atoms with Crippen LogP contribution in [0.4, 0.5) is 0 Å². The fraction of sp³-hybridized carbons (Fsp3) is 0.562. The lowest BCUT2D eigenvalue weighted by molar-refractivity contribution is -0.130. The largest absolute Gasteiger partial charge is 0.485 e. The van der Waals surface area contributed by atoms with Crippen LogP contribution in [0.3, 0.4) is 0 Å². The van der Waals surface area contributed by atoms with Crippen molar-refractivity contribution >= 4 is 5.91 Å². The smallest absolute Gasteiger partial charge is 0.264 e. The monoisotopic (exact) mass is 290 g/mol. The van der Waals surface area contributed by atoms with Crippen LogP contribution in [-0.4, -0.2) is 31.2 Å². The molecule has 1 heterocycles. The molecule has 1 aromatic carbocycles. The van der Waals surface area contributed by atoms with E-state index < -0.39 is 6.10 Å². The number of para-hydroxylation sites is 2. The van der Waals surface area contributed by atoms with Crippen molar-refractivity contribution in [1.82, 2.24) is 5.32 Å². The molecular weight excluding hydrogens is 268 g/mol. The molecule has 0 radical (unpaired) electrons. The summed E-state index contributed by atoms with van der Waals surface area (Å²) in [6.07, 6.45) is 3.95. The van der Waals surface area contributed by atoms with Gasteiger partial charge < -0.3 is 20.5 Å². The van der Waals surface area contributed by atoms with Gasteiger partial charge in [0.15, 0.2) is 11.5 Å². The molecule has 3 N–H and O–H groups in total. The first-order valence-electron chi connectivity index (χ1n) is 7.66. The maximum absolute atomic E-state index is 12.2. The number of nitrogens with one attached hydrogen (secondary N) is 1. The third kappa shape index (κ3) is 3.29.